The van der Waals surface area contributed by atoms with E-state index in [-0.39, 0.29) is 6.42 Å². The highest BCUT2D eigenvalue weighted by Gasteiger charge is 2.32. The number of carboxylic acid groups (broad SMARTS) is 1. The molecule has 0 spiro atoms. The van der Waals surface area contributed by atoms with E-state index in [1.807, 2.05) is 54.0 Å². The molecule has 0 fully saturated rings. The van der Waals surface area contributed by atoms with Gasteiger partial charge in [0.25, 0.3) is 0 Å². The number of aromatic nitrogens is 4. The van der Waals surface area contributed by atoms with Crippen molar-refractivity contribution in [3.8, 4) is 5.00 Å². The molecule has 2 N–H and O–H groups in total. The summed E-state index contributed by atoms with van der Waals surface area (Å²) in [5.74, 6) is 0.368. The second-order valence-electron chi connectivity index (χ2n) is 8.57. The van der Waals surface area contributed by atoms with E-state index in [9.17, 15) is 9.90 Å². The summed E-state index contributed by atoms with van der Waals surface area (Å²) in [6.45, 7) is 6.84. The summed E-state index contributed by atoms with van der Waals surface area (Å²) >= 11 is 1.66. The fraction of sp³-hybridized carbons (Fsp3) is 0.269. The molecule has 1 aliphatic rings. The lowest BCUT2D eigenvalue weighted by atomic mass is 9.99. The first-order chi connectivity index (χ1) is 16.9. The van der Waals surface area contributed by atoms with Crippen LogP contribution in [0.15, 0.2) is 53.7 Å². The molecule has 1 atom stereocenters. The van der Waals surface area contributed by atoms with Crippen LogP contribution in [0.3, 0.4) is 0 Å². The van der Waals surface area contributed by atoms with E-state index >= 15 is 0 Å². The van der Waals surface area contributed by atoms with E-state index in [1.165, 1.54) is 4.88 Å². The zero-order chi connectivity index (χ0) is 24.5. The Morgan fingerprint density at radius 3 is 2.63 bits per heavy atom. The Hall–Kier alpha value is -3.85. The highest BCUT2D eigenvalue weighted by molar-refractivity contribution is 7.15. The lowest BCUT2D eigenvalue weighted by Gasteiger charge is -2.12. The van der Waals surface area contributed by atoms with Crippen molar-refractivity contribution in [1.29, 1.82) is 0 Å². The number of benzene rings is 1. The molecule has 1 aliphatic heterocycles. The SMILES string of the molecule is Cc1sc2c(c1C)C(c1ccc(NCCc3ccccn3)cc1)=N[C@@H](CC(=O)O)c1nnc(C)n1-2. The van der Waals surface area contributed by atoms with E-state index in [4.69, 9.17) is 4.99 Å². The maximum Gasteiger partial charge on any atom is 0.306 e. The minimum atomic E-state index is -0.920. The monoisotopic (exact) mass is 486 g/mol. The number of carboxylic acids is 1. The molecule has 1 aromatic carbocycles. The minimum absolute atomic E-state index is 0.151. The number of anilines is 1. The maximum absolute atomic E-state index is 11.7. The predicted molar refractivity (Wildman–Crippen MR) is 137 cm³/mol. The van der Waals surface area contributed by atoms with Gasteiger partial charge in [0.05, 0.1) is 12.1 Å². The van der Waals surface area contributed by atoms with Crippen molar-refractivity contribution in [2.45, 2.75) is 39.7 Å². The van der Waals surface area contributed by atoms with Gasteiger partial charge in [0.15, 0.2) is 5.82 Å². The molecule has 9 heteroatoms. The number of aliphatic imine (C=N–C) groups is 1. The Morgan fingerprint density at radius 2 is 1.91 bits per heavy atom. The first-order valence-electron chi connectivity index (χ1n) is 11.5. The average Bonchev–Trinajstić information content (AvgIpc) is 3.32. The Kier molecular flexibility index (Phi) is 6.17. The van der Waals surface area contributed by atoms with E-state index < -0.39 is 12.0 Å². The third-order valence-electron chi connectivity index (χ3n) is 6.20. The van der Waals surface area contributed by atoms with Crippen LogP contribution in [0.4, 0.5) is 5.69 Å². The molecule has 0 saturated carbocycles. The van der Waals surface area contributed by atoms with Crippen molar-refractivity contribution < 1.29 is 9.90 Å². The van der Waals surface area contributed by atoms with Gasteiger partial charge in [-0.25, -0.2) is 0 Å². The van der Waals surface area contributed by atoms with Crippen LogP contribution in [0.5, 0.6) is 0 Å². The van der Waals surface area contributed by atoms with E-state index in [0.717, 1.165) is 57.6 Å². The van der Waals surface area contributed by atoms with Crippen molar-refractivity contribution in [2.24, 2.45) is 4.99 Å². The Bertz CT molecular complexity index is 1410. The third-order valence-corrected chi connectivity index (χ3v) is 7.39. The Morgan fingerprint density at radius 1 is 1.11 bits per heavy atom. The number of carbonyl (C=O) groups is 1. The maximum atomic E-state index is 11.7. The number of thiophene rings is 1. The van der Waals surface area contributed by atoms with Gasteiger partial charge in [-0.15, -0.1) is 21.5 Å². The first kappa shape index (κ1) is 22.9. The fourth-order valence-corrected chi connectivity index (χ4v) is 5.53. The zero-order valence-electron chi connectivity index (χ0n) is 19.8. The number of rotatable bonds is 7. The molecule has 5 rings (SSSR count). The topological polar surface area (TPSA) is 105 Å². The molecular formula is C26H26N6O2S. The predicted octanol–water partition coefficient (Wildman–Crippen LogP) is 4.67. The van der Waals surface area contributed by atoms with Gasteiger partial charge >= 0.3 is 5.97 Å². The lowest BCUT2D eigenvalue weighted by molar-refractivity contribution is -0.137. The summed E-state index contributed by atoms with van der Waals surface area (Å²) in [7, 11) is 0. The second-order valence-corrected chi connectivity index (χ2v) is 9.77. The fourth-order valence-electron chi connectivity index (χ4n) is 4.32. The number of hydrogen-bond donors (Lipinski definition) is 2. The number of nitrogens with zero attached hydrogens (tertiary/aromatic N) is 5. The van der Waals surface area contributed by atoms with Gasteiger partial charge in [0, 0.05) is 46.5 Å². The first-order valence-corrected chi connectivity index (χ1v) is 12.3. The molecule has 178 valence electrons. The molecule has 0 unspecified atom stereocenters. The van der Waals surface area contributed by atoms with Crippen molar-refractivity contribution in [3.63, 3.8) is 0 Å². The van der Waals surface area contributed by atoms with E-state index in [2.05, 4.69) is 34.3 Å². The quantitative estimate of drug-likeness (QED) is 0.393. The molecule has 0 saturated heterocycles. The van der Waals surface area contributed by atoms with Crippen LogP contribution in [0.2, 0.25) is 0 Å². The molecule has 8 nitrogen and oxygen atoms in total. The van der Waals surface area contributed by atoms with Crippen LogP contribution < -0.4 is 5.32 Å². The lowest BCUT2D eigenvalue weighted by Crippen LogP contribution is -2.11. The molecular weight excluding hydrogens is 460 g/mol. The zero-order valence-corrected chi connectivity index (χ0v) is 20.6. The highest BCUT2D eigenvalue weighted by Crippen LogP contribution is 2.39. The standard InChI is InChI=1S/C26H26N6O2S/c1-15-16(2)35-26-23(15)24(29-21(14-22(33)34)25-31-30-17(3)32(25)26)18-7-9-20(10-8-18)28-13-11-19-6-4-5-12-27-19/h4-10,12,21,28H,11,13-14H2,1-3H3,(H,33,34)/t21-/m0/s1. The molecule has 35 heavy (non-hydrogen) atoms. The van der Waals surface area contributed by atoms with Crippen molar-refractivity contribution >= 4 is 28.7 Å². The van der Waals surface area contributed by atoms with Crippen LogP contribution >= 0.6 is 11.3 Å². The minimum Gasteiger partial charge on any atom is -0.481 e. The summed E-state index contributed by atoms with van der Waals surface area (Å²) in [5.41, 5.74) is 5.93. The van der Waals surface area contributed by atoms with Crippen LogP contribution in [0.25, 0.3) is 5.00 Å². The number of nitrogens with one attached hydrogen (secondary N) is 1. The Labute approximate surface area is 207 Å². The van der Waals surface area contributed by atoms with Gasteiger partial charge in [-0.2, -0.15) is 0 Å². The van der Waals surface area contributed by atoms with Crippen LogP contribution in [0, 0.1) is 20.8 Å². The van der Waals surface area contributed by atoms with Gasteiger partial charge in [-0.3, -0.25) is 19.3 Å². The average molecular weight is 487 g/mol. The van der Waals surface area contributed by atoms with Gasteiger partial charge in [-0.05, 0) is 50.6 Å². The summed E-state index contributed by atoms with van der Waals surface area (Å²) < 4.78 is 1.97. The van der Waals surface area contributed by atoms with Crippen LogP contribution in [-0.2, 0) is 11.2 Å². The molecule has 0 amide bonds. The summed E-state index contributed by atoms with van der Waals surface area (Å²) in [6.07, 6.45) is 2.49. The van der Waals surface area contributed by atoms with Crippen LogP contribution in [-0.4, -0.2) is 43.1 Å². The molecule has 0 aliphatic carbocycles. The van der Waals surface area contributed by atoms with Gasteiger partial charge in [0.2, 0.25) is 0 Å². The van der Waals surface area contributed by atoms with Gasteiger partial charge < -0.3 is 10.4 Å². The summed E-state index contributed by atoms with van der Waals surface area (Å²) in [6, 6.07) is 13.4. The molecule has 3 aromatic heterocycles. The van der Waals surface area contributed by atoms with Crippen molar-refractivity contribution in [1.82, 2.24) is 19.7 Å². The molecule has 4 heterocycles. The van der Waals surface area contributed by atoms with E-state index in [1.54, 1.807) is 17.5 Å². The summed E-state index contributed by atoms with van der Waals surface area (Å²) in [4.78, 5) is 22.2. The summed E-state index contributed by atoms with van der Waals surface area (Å²) in [5, 5.41) is 22.6. The molecule has 0 radical (unpaired) electrons. The molecule has 0 bridgehead atoms. The van der Waals surface area contributed by atoms with E-state index in [0.29, 0.717) is 5.82 Å². The largest absolute Gasteiger partial charge is 0.481 e. The Balaban J connectivity index is 1.49. The number of fused-ring (bicyclic) bond motifs is 3. The number of hydrogen-bond acceptors (Lipinski definition) is 7. The molecule has 4 aromatic rings. The highest BCUT2D eigenvalue weighted by atomic mass is 32.1. The smallest absolute Gasteiger partial charge is 0.306 e. The second kappa shape index (κ2) is 9.42. The number of aliphatic carboxylic acids is 1. The number of pyridine rings is 1. The number of aryl methyl sites for hydroxylation is 2. The van der Waals surface area contributed by atoms with Gasteiger partial charge in [-0.1, -0.05) is 18.2 Å². The van der Waals surface area contributed by atoms with Crippen LogP contribution in [0.1, 0.15) is 51.4 Å². The van der Waals surface area contributed by atoms with Gasteiger partial charge in [0.1, 0.15) is 16.9 Å². The van der Waals surface area contributed by atoms with Crippen molar-refractivity contribution in [2.75, 3.05) is 11.9 Å². The van der Waals surface area contributed by atoms with Crippen molar-refractivity contribution in [3.05, 3.63) is 87.6 Å². The third kappa shape index (κ3) is 4.46. The normalized spacial score (nSPS) is 14.6.